The van der Waals surface area contributed by atoms with Crippen LogP contribution in [0.1, 0.15) is 18.4 Å². The van der Waals surface area contributed by atoms with Gasteiger partial charge < -0.3 is 10.6 Å². The van der Waals surface area contributed by atoms with Crippen LogP contribution in [-0.2, 0) is 16.4 Å². The van der Waals surface area contributed by atoms with Crippen LogP contribution in [-0.4, -0.2) is 58.2 Å². The highest BCUT2D eigenvalue weighted by molar-refractivity contribution is 14.0. The standard InChI is InChI=1S/C17H27ClN4O2S.HI/c1-19-17(20-9-6-14-4-3-5-16(18)12-14)21-13-15-7-10-22(11-8-15)25(2,23)24;/h3-5,12,15H,6-11,13H2,1-2H3,(H2,19,20,21);1H. The molecular weight excluding hydrogens is 487 g/mol. The zero-order valence-corrected chi connectivity index (χ0v) is 19.1. The van der Waals surface area contributed by atoms with E-state index < -0.39 is 10.0 Å². The van der Waals surface area contributed by atoms with Gasteiger partial charge in [0.15, 0.2) is 5.96 Å². The van der Waals surface area contributed by atoms with Crippen molar-refractivity contribution in [3.05, 3.63) is 34.9 Å². The van der Waals surface area contributed by atoms with E-state index in [2.05, 4.69) is 21.7 Å². The number of guanidine groups is 1. The van der Waals surface area contributed by atoms with Crippen LogP contribution in [0.3, 0.4) is 0 Å². The molecule has 2 rings (SSSR count). The fourth-order valence-electron chi connectivity index (χ4n) is 2.92. The third-order valence-electron chi connectivity index (χ3n) is 4.42. The first-order valence-corrected chi connectivity index (χ1v) is 10.7. The van der Waals surface area contributed by atoms with E-state index in [-0.39, 0.29) is 24.0 Å². The van der Waals surface area contributed by atoms with Crippen LogP contribution in [0.5, 0.6) is 0 Å². The van der Waals surface area contributed by atoms with Crippen molar-refractivity contribution < 1.29 is 8.42 Å². The van der Waals surface area contributed by atoms with E-state index in [9.17, 15) is 8.42 Å². The molecule has 1 fully saturated rings. The minimum atomic E-state index is -3.06. The topological polar surface area (TPSA) is 73.8 Å². The highest BCUT2D eigenvalue weighted by Crippen LogP contribution is 2.18. The summed E-state index contributed by atoms with van der Waals surface area (Å²) in [5.74, 6) is 1.23. The van der Waals surface area contributed by atoms with E-state index in [4.69, 9.17) is 11.6 Å². The Kier molecular flexibility index (Phi) is 10.2. The number of benzene rings is 1. The van der Waals surface area contributed by atoms with Crippen LogP contribution in [0, 0.1) is 5.92 Å². The quantitative estimate of drug-likeness (QED) is 0.347. The summed E-state index contributed by atoms with van der Waals surface area (Å²) in [5, 5.41) is 7.39. The average molecular weight is 515 g/mol. The lowest BCUT2D eigenvalue weighted by Gasteiger charge is -2.30. The van der Waals surface area contributed by atoms with Crippen molar-refractivity contribution in [1.29, 1.82) is 0 Å². The third-order valence-corrected chi connectivity index (χ3v) is 5.96. The maximum atomic E-state index is 11.5. The first kappa shape index (κ1) is 23.5. The van der Waals surface area contributed by atoms with Gasteiger partial charge in [-0.2, -0.15) is 0 Å². The largest absolute Gasteiger partial charge is 0.356 e. The summed E-state index contributed by atoms with van der Waals surface area (Å²) in [5.41, 5.74) is 1.18. The minimum Gasteiger partial charge on any atom is -0.356 e. The number of hydrogen-bond acceptors (Lipinski definition) is 3. The van der Waals surface area contributed by atoms with Gasteiger partial charge in [0, 0.05) is 38.2 Å². The Labute approximate surface area is 178 Å². The number of sulfonamides is 1. The second kappa shape index (κ2) is 11.3. The van der Waals surface area contributed by atoms with Gasteiger partial charge in [-0.15, -0.1) is 24.0 Å². The molecule has 0 aliphatic carbocycles. The fraction of sp³-hybridized carbons (Fsp3) is 0.588. The highest BCUT2D eigenvalue weighted by atomic mass is 127. The summed E-state index contributed by atoms with van der Waals surface area (Å²) < 4.78 is 24.6. The monoisotopic (exact) mass is 514 g/mol. The molecule has 148 valence electrons. The fourth-order valence-corrected chi connectivity index (χ4v) is 4.01. The summed E-state index contributed by atoms with van der Waals surface area (Å²) in [7, 11) is -1.31. The third kappa shape index (κ3) is 7.98. The number of aliphatic imine (C=N–C) groups is 1. The normalized spacial score (nSPS) is 16.8. The van der Waals surface area contributed by atoms with Gasteiger partial charge in [-0.3, -0.25) is 4.99 Å². The van der Waals surface area contributed by atoms with Crippen molar-refractivity contribution in [3.63, 3.8) is 0 Å². The molecule has 1 aromatic carbocycles. The molecule has 1 heterocycles. The molecule has 0 unspecified atom stereocenters. The van der Waals surface area contributed by atoms with Gasteiger partial charge in [-0.05, 0) is 42.9 Å². The summed E-state index contributed by atoms with van der Waals surface area (Å²) in [6, 6.07) is 7.84. The first-order chi connectivity index (χ1) is 11.9. The van der Waals surface area contributed by atoms with Crippen molar-refractivity contribution in [3.8, 4) is 0 Å². The van der Waals surface area contributed by atoms with Crippen molar-refractivity contribution in [2.24, 2.45) is 10.9 Å². The molecule has 1 aliphatic rings. The second-order valence-corrected chi connectivity index (χ2v) is 8.78. The Morgan fingerprint density at radius 3 is 2.58 bits per heavy atom. The number of rotatable bonds is 6. The van der Waals surface area contributed by atoms with Crippen LogP contribution < -0.4 is 10.6 Å². The zero-order chi connectivity index (χ0) is 18.3. The predicted octanol–water partition coefficient (Wildman–Crippen LogP) is 2.34. The number of nitrogens with zero attached hydrogens (tertiary/aromatic N) is 2. The van der Waals surface area contributed by atoms with E-state index >= 15 is 0 Å². The van der Waals surface area contributed by atoms with Crippen molar-refractivity contribution in [2.45, 2.75) is 19.3 Å². The lowest BCUT2D eigenvalue weighted by molar-refractivity contribution is 0.275. The van der Waals surface area contributed by atoms with Crippen LogP contribution in [0.25, 0.3) is 0 Å². The molecule has 0 aromatic heterocycles. The lowest BCUT2D eigenvalue weighted by Crippen LogP contribution is -2.44. The zero-order valence-electron chi connectivity index (χ0n) is 15.2. The second-order valence-electron chi connectivity index (χ2n) is 6.37. The molecule has 9 heteroatoms. The van der Waals surface area contributed by atoms with Gasteiger partial charge in [0.25, 0.3) is 0 Å². The smallest absolute Gasteiger partial charge is 0.211 e. The lowest BCUT2D eigenvalue weighted by atomic mass is 9.98. The van der Waals surface area contributed by atoms with Crippen LogP contribution in [0.2, 0.25) is 5.02 Å². The molecule has 0 saturated carbocycles. The number of hydrogen-bond donors (Lipinski definition) is 2. The molecule has 0 amide bonds. The Bertz CT molecular complexity index is 692. The van der Waals surface area contributed by atoms with Gasteiger partial charge in [0.1, 0.15) is 0 Å². The van der Waals surface area contributed by atoms with Gasteiger partial charge in [-0.25, -0.2) is 12.7 Å². The Balaban J connectivity index is 0.00000338. The summed E-state index contributed by atoms with van der Waals surface area (Å²) in [6.45, 7) is 2.78. The minimum absolute atomic E-state index is 0. The average Bonchev–Trinajstić information content (AvgIpc) is 2.57. The highest BCUT2D eigenvalue weighted by Gasteiger charge is 2.24. The van der Waals surface area contributed by atoms with Crippen LogP contribution in [0.15, 0.2) is 29.3 Å². The van der Waals surface area contributed by atoms with Gasteiger partial charge in [0.05, 0.1) is 6.26 Å². The molecule has 1 aromatic rings. The molecule has 0 bridgehead atoms. The van der Waals surface area contributed by atoms with E-state index in [0.717, 1.165) is 43.3 Å². The van der Waals surface area contributed by atoms with Crippen LogP contribution >= 0.6 is 35.6 Å². The molecule has 1 saturated heterocycles. The molecule has 0 atom stereocenters. The molecule has 26 heavy (non-hydrogen) atoms. The van der Waals surface area contributed by atoms with Gasteiger partial charge in [-0.1, -0.05) is 23.7 Å². The molecule has 2 N–H and O–H groups in total. The molecule has 0 spiro atoms. The van der Waals surface area contributed by atoms with E-state index in [0.29, 0.717) is 19.0 Å². The molecule has 6 nitrogen and oxygen atoms in total. The van der Waals surface area contributed by atoms with E-state index in [1.165, 1.54) is 11.8 Å². The van der Waals surface area contributed by atoms with Crippen molar-refractivity contribution in [2.75, 3.05) is 39.5 Å². The molecule has 0 radical (unpaired) electrons. The summed E-state index contributed by atoms with van der Waals surface area (Å²) in [6.07, 6.45) is 3.89. The summed E-state index contributed by atoms with van der Waals surface area (Å²) in [4.78, 5) is 4.24. The van der Waals surface area contributed by atoms with Crippen molar-refractivity contribution in [1.82, 2.24) is 14.9 Å². The van der Waals surface area contributed by atoms with E-state index in [1.54, 1.807) is 11.4 Å². The van der Waals surface area contributed by atoms with Crippen LogP contribution in [0.4, 0.5) is 0 Å². The predicted molar refractivity (Wildman–Crippen MR) is 119 cm³/mol. The maximum absolute atomic E-state index is 11.5. The van der Waals surface area contributed by atoms with Gasteiger partial charge >= 0.3 is 0 Å². The molecule has 1 aliphatic heterocycles. The maximum Gasteiger partial charge on any atom is 0.211 e. The number of piperidine rings is 1. The van der Waals surface area contributed by atoms with Gasteiger partial charge in [0.2, 0.25) is 10.0 Å². The van der Waals surface area contributed by atoms with Crippen molar-refractivity contribution >= 4 is 51.6 Å². The number of halogens is 2. The SMILES string of the molecule is CN=C(NCCc1cccc(Cl)c1)NCC1CCN(S(C)(=O)=O)CC1.I. The van der Waals surface area contributed by atoms with E-state index in [1.807, 2.05) is 18.2 Å². The Morgan fingerprint density at radius 1 is 1.31 bits per heavy atom. The number of nitrogens with one attached hydrogen (secondary N) is 2. The first-order valence-electron chi connectivity index (χ1n) is 8.52. The Hall–Kier alpha value is -0.580. The summed E-state index contributed by atoms with van der Waals surface area (Å²) >= 11 is 5.99. The molecular formula is C17H28ClIN4O2S. The Morgan fingerprint density at radius 2 is 2.00 bits per heavy atom.